The number of carbonyl (C=O) groups is 1. The zero-order chi connectivity index (χ0) is 27.1. The highest BCUT2D eigenvalue weighted by atomic mass is 19.4. The number of ether oxygens (including phenoxy) is 1. The maximum atomic E-state index is 13.7. The minimum atomic E-state index is -5.01. The zero-order valence-electron chi connectivity index (χ0n) is 20.5. The van der Waals surface area contributed by atoms with Crippen LogP contribution in [0.1, 0.15) is 37.0 Å². The fraction of sp³-hybridized carbons (Fsp3) is 0.500. The standard InChI is InChI=1S/C26H29F6N3O2/c1-23(2)15-24(18-6-4-3-5-7-18,17-34-8-10-37-11-9-34)35(16-23)22(36)33-21-13-19(25(27,28)29)12-20(14-21)26(30,31)32/h3-7,12-14H,8-11,15-17H2,1-2H3,(H,33,36)/t24-/m1/s1. The van der Waals surface area contributed by atoms with Gasteiger partial charge in [0.15, 0.2) is 0 Å². The quantitative estimate of drug-likeness (QED) is 0.479. The molecule has 2 amide bonds. The van der Waals surface area contributed by atoms with Gasteiger partial charge in [-0.1, -0.05) is 44.2 Å². The number of amides is 2. The van der Waals surface area contributed by atoms with Crippen LogP contribution >= 0.6 is 0 Å². The smallest absolute Gasteiger partial charge is 0.379 e. The SMILES string of the molecule is CC1(C)CN(C(=O)Nc2cc(C(F)(F)F)cc(C(F)(F)F)c2)[C@](CN2CCOCC2)(c2ccccc2)C1. The van der Waals surface area contributed by atoms with Crippen molar-refractivity contribution in [1.29, 1.82) is 0 Å². The van der Waals surface area contributed by atoms with Gasteiger partial charge in [-0.2, -0.15) is 26.3 Å². The molecule has 2 heterocycles. The van der Waals surface area contributed by atoms with Gasteiger partial charge in [-0.15, -0.1) is 0 Å². The number of hydrogen-bond acceptors (Lipinski definition) is 3. The van der Waals surface area contributed by atoms with E-state index in [0.717, 1.165) is 5.56 Å². The van der Waals surface area contributed by atoms with E-state index < -0.39 is 40.7 Å². The lowest BCUT2D eigenvalue weighted by molar-refractivity contribution is -0.143. The van der Waals surface area contributed by atoms with Gasteiger partial charge in [0.2, 0.25) is 0 Å². The molecule has 1 atom stereocenters. The molecule has 0 saturated carbocycles. The van der Waals surface area contributed by atoms with Crippen LogP contribution in [0.5, 0.6) is 0 Å². The molecule has 0 radical (unpaired) electrons. The van der Waals surface area contributed by atoms with Crippen molar-refractivity contribution in [1.82, 2.24) is 9.80 Å². The lowest BCUT2D eigenvalue weighted by Gasteiger charge is -2.43. The molecule has 2 saturated heterocycles. The monoisotopic (exact) mass is 529 g/mol. The van der Waals surface area contributed by atoms with E-state index in [2.05, 4.69) is 10.2 Å². The summed E-state index contributed by atoms with van der Waals surface area (Å²) in [6.45, 7) is 7.05. The summed E-state index contributed by atoms with van der Waals surface area (Å²) in [6.07, 6.45) is -9.47. The minimum Gasteiger partial charge on any atom is -0.379 e. The number of halogens is 6. The van der Waals surface area contributed by atoms with Gasteiger partial charge < -0.3 is 15.0 Å². The molecule has 0 unspecified atom stereocenters. The van der Waals surface area contributed by atoms with E-state index in [9.17, 15) is 31.1 Å². The van der Waals surface area contributed by atoms with Crippen molar-refractivity contribution in [3.8, 4) is 0 Å². The molecule has 2 aromatic rings. The summed E-state index contributed by atoms with van der Waals surface area (Å²) in [6, 6.07) is 9.68. The summed E-state index contributed by atoms with van der Waals surface area (Å²) >= 11 is 0. The van der Waals surface area contributed by atoms with Crippen LogP contribution in [0.2, 0.25) is 0 Å². The van der Waals surface area contributed by atoms with Crippen molar-refractivity contribution in [3.63, 3.8) is 0 Å². The summed E-state index contributed by atoms with van der Waals surface area (Å²) < 4.78 is 85.7. The summed E-state index contributed by atoms with van der Waals surface area (Å²) in [4.78, 5) is 17.4. The highest BCUT2D eigenvalue weighted by Crippen LogP contribution is 2.48. The molecule has 11 heteroatoms. The van der Waals surface area contributed by atoms with E-state index in [1.165, 1.54) is 0 Å². The first-order valence-electron chi connectivity index (χ1n) is 11.9. The fourth-order valence-corrected chi connectivity index (χ4v) is 5.37. The Morgan fingerprint density at radius 1 is 0.946 bits per heavy atom. The summed E-state index contributed by atoms with van der Waals surface area (Å²) in [5, 5.41) is 2.35. The third-order valence-electron chi connectivity index (χ3n) is 6.86. The van der Waals surface area contributed by atoms with Crippen LogP contribution in [-0.2, 0) is 22.6 Å². The highest BCUT2D eigenvalue weighted by molar-refractivity contribution is 5.90. The van der Waals surface area contributed by atoms with Gasteiger partial charge in [0.25, 0.3) is 0 Å². The van der Waals surface area contributed by atoms with Gasteiger partial charge in [0.1, 0.15) is 0 Å². The van der Waals surface area contributed by atoms with Crippen molar-refractivity contribution >= 4 is 11.7 Å². The number of rotatable bonds is 4. The van der Waals surface area contributed by atoms with Gasteiger partial charge in [0.05, 0.1) is 29.9 Å². The maximum Gasteiger partial charge on any atom is 0.416 e. The van der Waals surface area contributed by atoms with Crippen molar-refractivity contribution in [2.24, 2.45) is 5.41 Å². The molecule has 0 aliphatic carbocycles. The predicted octanol–water partition coefficient (Wildman–Crippen LogP) is 6.22. The first-order chi connectivity index (χ1) is 17.2. The Balaban J connectivity index is 1.73. The largest absolute Gasteiger partial charge is 0.416 e. The second kappa shape index (κ2) is 9.83. The van der Waals surface area contributed by atoms with E-state index in [4.69, 9.17) is 4.74 Å². The van der Waals surface area contributed by atoms with Gasteiger partial charge >= 0.3 is 18.4 Å². The van der Waals surface area contributed by atoms with Crippen LogP contribution in [0.15, 0.2) is 48.5 Å². The van der Waals surface area contributed by atoms with Gasteiger partial charge in [-0.25, -0.2) is 4.79 Å². The van der Waals surface area contributed by atoms with Gasteiger partial charge in [-0.3, -0.25) is 4.90 Å². The second-order valence-corrected chi connectivity index (χ2v) is 10.4. The maximum absolute atomic E-state index is 13.7. The number of morpholine rings is 1. The molecule has 1 N–H and O–H groups in total. The lowest BCUT2D eigenvalue weighted by atomic mass is 9.79. The van der Waals surface area contributed by atoms with Crippen molar-refractivity contribution in [2.45, 2.75) is 38.2 Å². The Hall–Kier alpha value is -2.79. The molecule has 4 rings (SSSR count). The second-order valence-electron chi connectivity index (χ2n) is 10.4. The molecule has 2 aliphatic rings. The molecule has 2 aromatic carbocycles. The molecule has 0 bridgehead atoms. The van der Waals surface area contributed by atoms with E-state index in [1.807, 2.05) is 44.2 Å². The molecule has 0 spiro atoms. The van der Waals surface area contributed by atoms with E-state index in [1.54, 1.807) is 4.90 Å². The van der Waals surface area contributed by atoms with Gasteiger partial charge in [-0.05, 0) is 35.6 Å². The third kappa shape index (κ3) is 6.04. The van der Waals surface area contributed by atoms with Crippen LogP contribution < -0.4 is 5.32 Å². The molecular weight excluding hydrogens is 500 g/mol. The number of hydrogen-bond donors (Lipinski definition) is 1. The van der Waals surface area contributed by atoms with Crippen LogP contribution in [0.25, 0.3) is 0 Å². The third-order valence-corrected chi connectivity index (χ3v) is 6.86. The number of benzene rings is 2. The first-order valence-corrected chi connectivity index (χ1v) is 11.9. The molecule has 202 valence electrons. The molecule has 2 fully saturated rings. The van der Waals surface area contributed by atoms with Crippen molar-refractivity contribution < 1.29 is 35.9 Å². The molecule has 37 heavy (non-hydrogen) atoms. The van der Waals surface area contributed by atoms with Crippen LogP contribution in [0, 0.1) is 5.41 Å². The van der Waals surface area contributed by atoms with E-state index >= 15 is 0 Å². The number of alkyl halides is 6. The van der Waals surface area contributed by atoms with Gasteiger partial charge in [0, 0.05) is 31.9 Å². The molecule has 5 nitrogen and oxygen atoms in total. The van der Waals surface area contributed by atoms with Crippen LogP contribution in [0.3, 0.4) is 0 Å². The average molecular weight is 530 g/mol. The number of carbonyl (C=O) groups excluding carboxylic acids is 1. The Bertz CT molecular complexity index is 1080. The number of nitrogens with one attached hydrogen (secondary N) is 1. The molecular formula is C26H29F6N3O2. The Morgan fingerprint density at radius 3 is 2.05 bits per heavy atom. The van der Waals surface area contributed by atoms with E-state index in [-0.39, 0.29) is 18.0 Å². The number of nitrogens with zero attached hydrogens (tertiary/aromatic N) is 2. The number of anilines is 1. The normalized spacial score (nSPS) is 22.8. The average Bonchev–Trinajstić information content (AvgIpc) is 3.10. The number of urea groups is 1. The first kappa shape index (κ1) is 27.3. The fourth-order valence-electron chi connectivity index (χ4n) is 5.37. The van der Waals surface area contributed by atoms with Crippen molar-refractivity contribution in [3.05, 3.63) is 65.2 Å². The van der Waals surface area contributed by atoms with Crippen LogP contribution in [-0.4, -0.2) is 55.2 Å². The highest BCUT2D eigenvalue weighted by Gasteiger charge is 2.53. The molecule has 2 aliphatic heterocycles. The predicted molar refractivity (Wildman–Crippen MR) is 126 cm³/mol. The summed E-state index contributed by atoms with van der Waals surface area (Å²) in [5.74, 6) is 0. The summed E-state index contributed by atoms with van der Waals surface area (Å²) in [7, 11) is 0. The number of likely N-dealkylation sites (tertiary alicyclic amines) is 1. The Morgan fingerprint density at radius 2 is 1.51 bits per heavy atom. The lowest BCUT2D eigenvalue weighted by Crippen LogP contribution is -2.55. The Kier molecular flexibility index (Phi) is 7.24. The van der Waals surface area contributed by atoms with Crippen LogP contribution in [0.4, 0.5) is 36.8 Å². The van der Waals surface area contributed by atoms with Crippen molar-refractivity contribution in [2.75, 3.05) is 44.7 Å². The minimum absolute atomic E-state index is 0.0430. The van der Waals surface area contributed by atoms with E-state index in [0.29, 0.717) is 51.4 Å². The zero-order valence-corrected chi connectivity index (χ0v) is 20.5. The summed E-state index contributed by atoms with van der Waals surface area (Å²) in [5.41, 5.74) is -3.89. The Labute approximate surface area is 211 Å². The topological polar surface area (TPSA) is 44.8 Å². The molecule has 0 aromatic heterocycles.